The Morgan fingerprint density at radius 3 is 2.42 bits per heavy atom. The highest BCUT2D eigenvalue weighted by atomic mass is 16.6. The Morgan fingerprint density at radius 2 is 1.71 bits per heavy atom. The summed E-state index contributed by atoms with van der Waals surface area (Å²) in [6, 6.07) is 13.1. The molecular weight excluding hydrogens is 402 g/mol. The van der Waals surface area contributed by atoms with Crippen molar-refractivity contribution in [2.75, 3.05) is 6.54 Å². The fourth-order valence-corrected chi connectivity index (χ4v) is 3.25. The largest absolute Gasteiger partial charge is 0.480 e. The van der Waals surface area contributed by atoms with Gasteiger partial charge in [-0.1, -0.05) is 49.7 Å². The van der Waals surface area contributed by atoms with Gasteiger partial charge in [0.25, 0.3) is 11.8 Å². The Hall–Kier alpha value is -3.46. The summed E-state index contributed by atoms with van der Waals surface area (Å²) < 4.78 is 5.05. The Bertz CT molecular complexity index is 992. The minimum absolute atomic E-state index is 0.319. The number of amides is 3. The van der Waals surface area contributed by atoms with Crippen LogP contribution >= 0.6 is 0 Å². The van der Waals surface area contributed by atoms with Gasteiger partial charge in [0.1, 0.15) is 12.6 Å². The monoisotopic (exact) mass is 427 g/mol. The Kier molecular flexibility index (Phi) is 7.19. The number of carboxylic acids is 1. The normalized spacial score (nSPS) is 18.1. The molecule has 9 nitrogen and oxygen atoms in total. The molecule has 31 heavy (non-hydrogen) atoms. The first-order chi connectivity index (χ1) is 14.9. The van der Waals surface area contributed by atoms with Gasteiger partial charge in [-0.15, -0.1) is 0 Å². The fraction of sp³-hybridized carbons (Fsp3) is 0.364. The van der Waals surface area contributed by atoms with Gasteiger partial charge >= 0.3 is 5.97 Å². The standard InChI is InChI=1S/C22H25N3O6/c1-2-5-16(25-22(30)19-18(31-19)21(29)24-12-17(26)27)20(28)23-11-13-8-9-14-6-3-4-7-15(14)10-13/h3-4,6-10,16,18-19H,2,5,11-12H2,1H3,(H,23,28)(H,24,29)(H,25,30)(H,26,27)/t16-,18+,19?/m0/s1. The van der Waals surface area contributed by atoms with Gasteiger partial charge in [-0.3, -0.25) is 19.2 Å². The molecule has 1 heterocycles. The van der Waals surface area contributed by atoms with Crippen LogP contribution in [0.1, 0.15) is 25.3 Å². The number of hydrogen-bond donors (Lipinski definition) is 4. The number of fused-ring (bicyclic) bond motifs is 1. The number of carbonyl (C=O) groups is 4. The van der Waals surface area contributed by atoms with Crippen LogP contribution in [-0.4, -0.2) is 53.6 Å². The summed E-state index contributed by atoms with van der Waals surface area (Å²) in [5.74, 6) is -2.76. The van der Waals surface area contributed by atoms with E-state index in [1.807, 2.05) is 49.4 Å². The van der Waals surface area contributed by atoms with Crippen molar-refractivity contribution in [3.05, 3.63) is 48.0 Å². The van der Waals surface area contributed by atoms with Crippen LogP contribution in [0, 0.1) is 0 Å². The van der Waals surface area contributed by atoms with E-state index in [0.29, 0.717) is 19.4 Å². The topological polar surface area (TPSA) is 137 Å². The zero-order chi connectivity index (χ0) is 22.4. The second-order valence-electron chi connectivity index (χ2n) is 7.34. The van der Waals surface area contributed by atoms with Crippen molar-refractivity contribution in [3.8, 4) is 0 Å². The van der Waals surface area contributed by atoms with Crippen molar-refractivity contribution in [2.45, 2.75) is 44.6 Å². The van der Waals surface area contributed by atoms with Gasteiger partial charge in [0.15, 0.2) is 12.2 Å². The van der Waals surface area contributed by atoms with Crippen molar-refractivity contribution in [1.29, 1.82) is 0 Å². The maximum absolute atomic E-state index is 12.6. The lowest BCUT2D eigenvalue weighted by Gasteiger charge is -2.17. The Labute approximate surface area is 179 Å². The molecule has 164 valence electrons. The predicted octanol–water partition coefficient (Wildman–Crippen LogP) is 0.709. The number of hydrogen-bond acceptors (Lipinski definition) is 5. The molecule has 3 amide bonds. The molecule has 1 fully saturated rings. The average molecular weight is 427 g/mol. The lowest BCUT2D eigenvalue weighted by Crippen LogP contribution is -2.48. The summed E-state index contributed by atoms with van der Waals surface area (Å²) >= 11 is 0. The van der Waals surface area contributed by atoms with Crippen molar-refractivity contribution in [3.63, 3.8) is 0 Å². The number of nitrogens with one attached hydrogen (secondary N) is 3. The third-order valence-electron chi connectivity index (χ3n) is 4.91. The van der Waals surface area contributed by atoms with Gasteiger partial charge < -0.3 is 25.8 Å². The molecule has 1 unspecified atom stereocenters. The predicted molar refractivity (Wildman–Crippen MR) is 112 cm³/mol. The fourth-order valence-electron chi connectivity index (χ4n) is 3.25. The highest BCUT2D eigenvalue weighted by molar-refractivity contribution is 5.97. The van der Waals surface area contributed by atoms with Crippen LogP contribution in [0.3, 0.4) is 0 Å². The zero-order valence-corrected chi connectivity index (χ0v) is 17.1. The van der Waals surface area contributed by atoms with Crippen LogP contribution in [0.15, 0.2) is 42.5 Å². The van der Waals surface area contributed by atoms with Crippen LogP contribution in [-0.2, 0) is 30.5 Å². The number of carboxylic acid groups (broad SMARTS) is 1. The maximum atomic E-state index is 12.6. The Balaban J connectivity index is 1.52. The molecule has 0 aliphatic carbocycles. The minimum atomic E-state index is -1.19. The van der Waals surface area contributed by atoms with E-state index in [1.165, 1.54) is 0 Å². The molecule has 2 aromatic carbocycles. The van der Waals surface area contributed by atoms with E-state index >= 15 is 0 Å². The van der Waals surface area contributed by atoms with E-state index < -0.39 is 42.6 Å². The average Bonchev–Trinajstić information content (AvgIpc) is 3.56. The third kappa shape index (κ3) is 6.02. The van der Waals surface area contributed by atoms with E-state index in [9.17, 15) is 19.2 Å². The molecule has 1 aliphatic rings. The molecular formula is C22H25N3O6. The first-order valence-electron chi connectivity index (χ1n) is 10.1. The van der Waals surface area contributed by atoms with Crippen LogP contribution in [0.5, 0.6) is 0 Å². The molecule has 0 aromatic heterocycles. The highest BCUT2D eigenvalue weighted by Crippen LogP contribution is 2.22. The van der Waals surface area contributed by atoms with Crippen molar-refractivity contribution >= 4 is 34.5 Å². The molecule has 1 aliphatic heterocycles. The van der Waals surface area contributed by atoms with E-state index in [-0.39, 0.29) is 5.91 Å². The summed E-state index contributed by atoms with van der Waals surface area (Å²) in [6.07, 6.45) is -0.968. The quantitative estimate of drug-likeness (QED) is 0.412. The molecule has 9 heteroatoms. The maximum Gasteiger partial charge on any atom is 0.322 e. The molecule has 0 saturated carbocycles. The number of carbonyl (C=O) groups excluding carboxylic acids is 3. The summed E-state index contributed by atoms with van der Waals surface area (Å²) in [5, 5.41) is 18.4. The number of epoxide rings is 1. The van der Waals surface area contributed by atoms with E-state index in [1.54, 1.807) is 0 Å². The summed E-state index contributed by atoms with van der Waals surface area (Å²) in [5.41, 5.74) is 0.939. The minimum Gasteiger partial charge on any atom is -0.480 e. The molecule has 0 radical (unpaired) electrons. The van der Waals surface area contributed by atoms with Gasteiger partial charge in [0.05, 0.1) is 0 Å². The van der Waals surface area contributed by atoms with Gasteiger partial charge in [-0.05, 0) is 28.8 Å². The van der Waals surface area contributed by atoms with Crippen LogP contribution in [0.2, 0.25) is 0 Å². The number of aliphatic carboxylic acids is 1. The third-order valence-corrected chi connectivity index (χ3v) is 4.91. The van der Waals surface area contributed by atoms with E-state index in [4.69, 9.17) is 9.84 Å². The second-order valence-corrected chi connectivity index (χ2v) is 7.34. The van der Waals surface area contributed by atoms with Gasteiger partial charge in [-0.25, -0.2) is 0 Å². The highest BCUT2D eigenvalue weighted by Gasteiger charge is 2.50. The SMILES string of the molecule is CCC[C@H](NC(=O)C1O[C@H]1C(=O)NCC(=O)O)C(=O)NCc1ccc2ccccc2c1. The van der Waals surface area contributed by atoms with E-state index in [2.05, 4.69) is 16.0 Å². The van der Waals surface area contributed by atoms with Crippen molar-refractivity contribution in [2.24, 2.45) is 0 Å². The molecule has 3 atom stereocenters. The molecule has 4 N–H and O–H groups in total. The van der Waals surface area contributed by atoms with E-state index in [0.717, 1.165) is 16.3 Å². The number of ether oxygens (including phenoxy) is 1. The van der Waals surface area contributed by atoms with Crippen molar-refractivity contribution < 1.29 is 29.0 Å². The van der Waals surface area contributed by atoms with Crippen LogP contribution in [0.25, 0.3) is 10.8 Å². The number of rotatable bonds is 10. The molecule has 2 aromatic rings. The summed E-state index contributed by atoms with van der Waals surface area (Å²) in [7, 11) is 0. The Morgan fingerprint density at radius 1 is 1.00 bits per heavy atom. The van der Waals surface area contributed by atoms with Crippen LogP contribution < -0.4 is 16.0 Å². The second kappa shape index (κ2) is 10.0. The molecule has 1 saturated heterocycles. The molecule has 0 spiro atoms. The number of benzene rings is 2. The smallest absolute Gasteiger partial charge is 0.322 e. The lowest BCUT2D eigenvalue weighted by molar-refractivity contribution is -0.138. The van der Waals surface area contributed by atoms with Crippen LogP contribution in [0.4, 0.5) is 0 Å². The zero-order valence-electron chi connectivity index (χ0n) is 17.1. The van der Waals surface area contributed by atoms with Gasteiger partial charge in [0.2, 0.25) is 5.91 Å². The first-order valence-corrected chi connectivity index (χ1v) is 10.1. The molecule has 3 rings (SSSR count). The summed E-state index contributed by atoms with van der Waals surface area (Å²) in [6.45, 7) is 1.66. The first kappa shape index (κ1) is 22.2. The van der Waals surface area contributed by atoms with Gasteiger partial charge in [0, 0.05) is 6.54 Å². The lowest BCUT2D eigenvalue weighted by atomic mass is 10.1. The van der Waals surface area contributed by atoms with Crippen molar-refractivity contribution in [1.82, 2.24) is 16.0 Å². The summed E-state index contributed by atoms with van der Waals surface area (Å²) in [4.78, 5) is 47.3. The molecule has 0 bridgehead atoms. The van der Waals surface area contributed by atoms with Gasteiger partial charge in [-0.2, -0.15) is 0 Å².